The number of anilines is 1. The van der Waals surface area contributed by atoms with Gasteiger partial charge in [0.25, 0.3) is 5.91 Å². The van der Waals surface area contributed by atoms with Gasteiger partial charge in [-0.3, -0.25) is 4.79 Å². The monoisotopic (exact) mass is 387 g/mol. The molecule has 2 nitrogen and oxygen atoms in total. The van der Waals surface area contributed by atoms with E-state index in [1.54, 1.807) is 0 Å². The molecule has 1 amide bonds. The van der Waals surface area contributed by atoms with Crippen LogP contribution in [0.4, 0.5) is 5.69 Å². The van der Waals surface area contributed by atoms with Crippen molar-refractivity contribution in [3.63, 3.8) is 0 Å². The van der Waals surface area contributed by atoms with Crippen LogP contribution in [0, 0.1) is 13.8 Å². The third-order valence-corrected chi connectivity index (χ3v) is 4.87. The van der Waals surface area contributed by atoms with Gasteiger partial charge in [0, 0.05) is 5.69 Å². The second kappa shape index (κ2) is 5.55. The number of nitrogens with one attached hydrogen (secondary N) is 1. The number of benzene rings is 1. The largest absolute Gasteiger partial charge is 0.322 e. The van der Waals surface area contributed by atoms with Gasteiger partial charge in [0.05, 0.1) is 13.1 Å². The van der Waals surface area contributed by atoms with E-state index in [1.807, 2.05) is 38.1 Å². The molecular weight excluding hydrogens is 378 g/mol. The first-order valence-corrected chi connectivity index (χ1v) is 7.71. The van der Waals surface area contributed by atoms with Crippen LogP contribution >= 0.6 is 43.2 Å². The van der Waals surface area contributed by atoms with Crippen molar-refractivity contribution in [1.29, 1.82) is 0 Å². The standard InChI is InChI=1S/C13H11Br2NOS/c1-7-3-4-10(8(2)5-7)16-13(17)9-6-11(14)18-12(9)15/h3-6H,1-2H3,(H,16,17). The quantitative estimate of drug-likeness (QED) is 0.757. The normalized spacial score (nSPS) is 10.4. The second-order valence-electron chi connectivity index (χ2n) is 4.01. The lowest BCUT2D eigenvalue weighted by Crippen LogP contribution is -2.12. The number of aryl methyl sites for hydroxylation is 2. The Labute approximate surface area is 127 Å². The number of hydrogen-bond acceptors (Lipinski definition) is 2. The van der Waals surface area contributed by atoms with Gasteiger partial charge in [-0.15, -0.1) is 11.3 Å². The van der Waals surface area contributed by atoms with Crippen LogP contribution in [0.15, 0.2) is 31.8 Å². The van der Waals surface area contributed by atoms with E-state index in [2.05, 4.69) is 37.2 Å². The molecule has 1 aromatic carbocycles. The smallest absolute Gasteiger partial charge is 0.257 e. The summed E-state index contributed by atoms with van der Waals surface area (Å²) in [6, 6.07) is 7.78. The van der Waals surface area contributed by atoms with Gasteiger partial charge in [-0.25, -0.2) is 0 Å². The predicted molar refractivity (Wildman–Crippen MR) is 83.6 cm³/mol. The van der Waals surface area contributed by atoms with E-state index < -0.39 is 0 Å². The van der Waals surface area contributed by atoms with E-state index in [0.717, 1.165) is 18.8 Å². The molecule has 0 saturated carbocycles. The third kappa shape index (κ3) is 3.02. The number of hydrogen-bond donors (Lipinski definition) is 1. The van der Waals surface area contributed by atoms with Crippen LogP contribution in [0.1, 0.15) is 21.5 Å². The Hall–Kier alpha value is -0.650. The highest BCUT2D eigenvalue weighted by atomic mass is 79.9. The predicted octanol–water partition coefficient (Wildman–Crippen LogP) is 5.14. The Bertz CT molecular complexity index is 607. The molecule has 0 fully saturated rings. The number of halogens is 2. The maximum Gasteiger partial charge on any atom is 0.257 e. The molecule has 1 heterocycles. The Balaban J connectivity index is 2.24. The highest BCUT2D eigenvalue weighted by Crippen LogP contribution is 2.32. The van der Waals surface area contributed by atoms with Crippen LogP contribution in [-0.2, 0) is 0 Å². The summed E-state index contributed by atoms with van der Waals surface area (Å²) in [6.07, 6.45) is 0. The van der Waals surface area contributed by atoms with Gasteiger partial charge in [0.1, 0.15) is 0 Å². The van der Waals surface area contributed by atoms with Crippen LogP contribution in [0.3, 0.4) is 0 Å². The Morgan fingerprint density at radius 3 is 2.50 bits per heavy atom. The first-order valence-electron chi connectivity index (χ1n) is 5.31. The van der Waals surface area contributed by atoms with Crippen molar-refractivity contribution >= 4 is 54.8 Å². The van der Waals surface area contributed by atoms with Crippen molar-refractivity contribution in [2.24, 2.45) is 0 Å². The SMILES string of the molecule is Cc1ccc(NC(=O)c2cc(Br)sc2Br)c(C)c1. The fraction of sp³-hybridized carbons (Fsp3) is 0.154. The number of carbonyl (C=O) groups excluding carboxylic acids is 1. The topological polar surface area (TPSA) is 29.1 Å². The average molecular weight is 389 g/mol. The second-order valence-corrected chi connectivity index (χ2v) is 7.76. The molecule has 5 heteroatoms. The van der Waals surface area contributed by atoms with Crippen molar-refractivity contribution in [1.82, 2.24) is 0 Å². The minimum absolute atomic E-state index is 0.101. The van der Waals surface area contributed by atoms with Crippen molar-refractivity contribution in [2.45, 2.75) is 13.8 Å². The summed E-state index contributed by atoms with van der Waals surface area (Å²) in [5, 5.41) is 2.92. The molecule has 0 saturated heterocycles. The summed E-state index contributed by atoms with van der Waals surface area (Å²) in [5.74, 6) is -0.101. The van der Waals surface area contributed by atoms with Crippen LogP contribution in [0.25, 0.3) is 0 Å². The van der Waals surface area contributed by atoms with E-state index >= 15 is 0 Å². The Kier molecular flexibility index (Phi) is 4.25. The number of rotatable bonds is 2. The van der Waals surface area contributed by atoms with E-state index in [0.29, 0.717) is 5.56 Å². The molecule has 94 valence electrons. The molecule has 0 bridgehead atoms. The van der Waals surface area contributed by atoms with E-state index in [-0.39, 0.29) is 5.91 Å². The van der Waals surface area contributed by atoms with Crippen molar-refractivity contribution in [2.75, 3.05) is 5.32 Å². The summed E-state index contributed by atoms with van der Waals surface area (Å²) in [7, 11) is 0. The van der Waals surface area contributed by atoms with E-state index in [4.69, 9.17) is 0 Å². The molecule has 0 unspecified atom stereocenters. The zero-order chi connectivity index (χ0) is 13.3. The summed E-state index contributed by atoms with van der Waals surface area (Å²) >= 11 is 8.25. The fourth-order valence-electron chi connectivity index (χ4n) is 1.64. The number of amides is 1. The molecule has 0 spiro atoms. The zero-order valence-corrected chi connectivity index (χ0v) is 13.9. The molecule has 1 N–H and O–H groups in total. The number of carbonyl (C=O) groups is 1. The minimum atomic E-state index is -0.101. The van der Waals surface area contributed by atoms with Crippen LogP contribution < -0.4 is 5.32 Å². The van der Waals surface area contributed by atoms with Crippen LogP contribution in [0.5, 0.6) is 0 Å². The van der Waals surface area contributed by atoms with Crippen molar-refractivity contribution in [3.05, 3.63) is 48.5 Å². The van der Waals surface area contributed by atoms with Crippen molar-refractivity contribution in [3.8, 4) is 0 Å². The summed E-state index contributed by atoms with van der Waals surface area (Å²) in [5.41, 5.74) is 3.74. The Morgan fingerprint density at radius 2 is 1.94 bits per heavy atom. The summed E-state index contributed by atoms with van der Waals surface area (Å²) < 4.78 is 1.76. The average Bonchev–Trinajstić information content (AvgIpc) is 2.62. The molecule has 0 aliphatic carbocycles. The number of thiophene rings is 1. The lowest BCUT2D eigenvalue weighted by molar-refractivity contribution is 0.102. The van der Waals surface area contributed by atoms with E-state index in [9.17, 15) is 4.79 Å². The maximum atomic E-state index is 12.1. The lowest BCUT2D eigenvalue weighted by atomic mass is 10.1. The first-order chi connectivity index (χ1) is 8.47. The van der Waals surface area contributed by atoms with Gasteiger partial charge >= 0.3 is 0 Å². The first kappa shape index (κ1) is 13.8. The summed E-state index contributed by atoms with van der Waals surface area (Å²) in [4.78, 5) is 12.1. The molecule has 0 atom stereocenters. The van der Waals surface area contributed by atoms with Gasteiger partial charge in [0.15, 0.2) is 0 Å². The molecule has 0 aliphatic heterocycles. The molecular formula is C13H11Br2NOS. The summed E-state index contributed by atoms with van der Waals surface area (Å²) in [6.45, 7) is 4.02. The zero-order valence-electron chi connectivity index (χ0n) is 9.88. The molecule has 1 aromatic heterocycles. The fourth-order valence-corrected chi connectivity index (χ4v) is 4.43. The molecule has 0 aliphatic rings. The molecule has 2 aromatic rings. The molecule has 0 radical (unpaired) electrons. The van der Waals surface area contributed by atoms with Crippen molar-refractivity contribution < 1.29 is 4.79 Å². The van der Waals surface area contributed by atoms with Crippen LogP contribution in [-0.4, -0.2) is 5.91 Å². The van der Waals surface area contributed by atoms with E-state index in [1.165, 1.54) is 16.9 Å². The highest BCUT2D eigenvalue weighted by molar-refractivity contribution is 9.12. The molecule has 18 heavy (non-hydrogen) atoms. The third-order valence-electron chi connectivity index (χ3n) is 2.53. The molecule has 2 rings (SSSR count). The maximum absolute atomic E-state index is 12.1. The highest BCUT2D eigenvalue weighted by Gasteiger charge is 2.14. The lowest BCUT2D eigenvalue weighted by Gasteiger charge is -2.08. The van der Waals surface area contributed by atoms with Gasteiger partial charge < -0.3 is 5.32 Å². The van der Waals surface area contributed by atoms with Gasteiger partial charge in [0.2, 0.25) is 0 Å². The minimum Gasteiger partial charge on any atom is -0.322 e. The van der Waals surface area contributed by atoms with Gasteiger partial charge in [-0.2, -0.15) is 0 Å². The van der Waals surface area contributed by atoms with Gasteiger partial charge in [-0.1, -0.05) is 17.7 Å². The Morgan fingerprint density at radius 1 is 1.22 bits per heavy atom. The van der Waals surface area contributed by atoms with Crippen LogP contribution in [0.2, 0.25) is 0 Å². The van der Waals surface area contributed by atoms with Gasteiger partial charge in [-0.05, 0) is 63.4 Å².